The number of carbonyl (C=O) groups excluding carboxylic acids is 1. The van der Waals surface area contributed by atoms with Crippen molar-refractivity contribution in [1.29, 1.82) is 0 Å². The summed E-state index contributed by atoms with van der Waals surface area (Å²) in [4.78, 5) is 22.1. The van der Waals surface area contributed by atoms with Crippen LogP contribution < -0.4 is 9.46 Å². The molecule has 24 heavy (non-hydrogen) atoms. The van der Waals surface area contributed by atoms with Crippen LogP contribution in [0.25, 0.3) is 0 Å². The van der Waals surface area contributed by atoms with Crippen LogP contribution in [0.5, 0.6) is 5.75 Å². The number of nitrogens with zero attached hydrogens (tertiary/aromatic N) is 1. The van der Waals surface area contributed by atoms with E-state index < -0.39 is 45.0 Å². The van der Waals surface area contributed by atoms with Gasteiger partial charge >= 0.3 is 12.6 Å². The van der Waals surface area contributed by atoms with Crippen LogP contribution in [0.3, 0.4) is 0 Å². The molecule has 9 nitrogen and oxygen atoms in total. The minimum absolute atomic E-state index is 0.0961. The Morgan fingerprint density at radius 3 is 2.50 bits per heavy atom. The number of halogens is 2. The van der Waals surface area contributed by atoms with Crippen LogP contribution in [0.2, 0.25) is 0 Å². The van der Waals surface area contributed by atoms with Crippen LogP contribution >= 0.6 is 0 Å². The summed E-state index contributed by atoms with van der Waals surface area (Å²) in [7, 11) is -3.93. The third-order valence-corrected chi connectivity index (χ3v) is 3.25. The van der Waals surface area contributed by atoms with Crippen molar-refractivity contribution in [2.45, 2.75) is 19.6 Å². The first-order valence-corrected chi connectivity index (χ1v) is 8.31. The Morgan fingerprint density at radius 2 is 2.04 bits per heavy atom. The first kappa shape index (κ1) is 19.7. The van der Waals surface area contributed by atoms with Gasteiger partial charge in [0.15, 0.2) is 6.04 Å². The molecule has 0 aliphatic carbocycles. The number of esters is 1. The standard InChI is InChI=1S/C12H14F2N2O7S/c1-3-22-11(17)10(15-24(2,20)21)8-5-4-7(23-12(13)14)6-9(8)16(18)19/h4-6,10,12,15H,3H2,1-2H3. The summed E-state index contributed by atoms with van der Waals surface area (Å²) in [6.07, 6.45) is 0.749. The van der Waals surface area contributed by atoms with Crippen LogP contribution in [0.15, 0.2) is 18.2 Å². The molecule has 12 heteroatoms. The maximum absolute atomic E-state index is 12.2. The molecular formula is C12H14F2N2O7S. The molecule has 0 aliphatic heterocycles. The molecule has 0 aromatic heterocycles. The summed E-state index contributed by atoms with van der Waals surface area (Å²) in [6.45, 7) is -1.84. The van der Waals surface area contributed by atoms with Crippen molar-refractivity contribution in [3.63, 3.8) is 0 Å². The molecule has 1 N–H and O–H groups in total. The van der Waals surface area contributed by atoms with Crippen molar-refractivity contribution in [2.75, 3.05) is 12.9 Å². The molecular weight excluding hydrogens is 354 g/mol. The highest BCUT2D eigenvalue weighted by molar-refractivity contribution is 7.88. The van der Waals surface area contributed by atoms with Crippen LogP contribution in [0.4, 0.5) is 14.5 Å². The number of carbonyl (C=O) groups is 1. The van der Waals surface area contributed by atoms with Crippen LogP contribution in [0.1, 0.15) is 18.5 Å². The van der Waals surface area contributed by atoms with E-state index in [0.29, 0.717) is 6.07 Å². The topological polar surface area (TPSA) is 125 Å². The van der Waals surface area contributed by atoms with Gasteiger partial charge in [0.05, 0.1) is 29.4 Å². The molecule has 1 atom stereocenters. The lowest BCUT2D eigenvalue weighted by atomic mass is 10.1. The van der Waals surface area contributed by atoms with E-state index in [4.69, 9.17) is 4.74 Å². The number of alkyl halides is 2. The van der Waals surface area contributed by atoms with E-state index in [2.05, 4.69) is 4.74 Å². The Bertz CT molecular complexity index is 724. The number of hydrogen-bond donors (Lipinski definition) is 1. The SMILES string of the molecule is CCOC(=O)C(NS(C)(=O)=O)c1ccc(OC(F)F)cc1[N+](=O)[O-]. The minimum Gasteiger partial charge on any atom is -0.465 e. The summed E-state index contributed by atoms with van der Waals surface area (Å²) in [6, 6.07) is 0.846. The summed E-state index contributed by atoms with van der Waals surface area (Å²) in [5.74, 6) is -1.59. The summed E-state index contributed by atoms with van der Waals surface area (Å²) < 4.78 is 57.9. The van der Waals surface area contributed by atoms with E-state index >= 15 is 0 Å². The van der Waals surface area contributed by atoms with Gasteiger partial charge in [-0.15, -0.1) is 0 Å². The second kappa shape index (κ2) is 7.97. The lowest BCUT2D eigenvalue weighted by Gasteiger charge is -2.17. The van der Waals surface area contributed by atoms with E-state index in [1.807, 2.05) is 4.72 Å². The number of sulfonamides is 1. The number of hydrogen-bond acceptors (Lipinski definition) is 7. The average molecular weight is 368 g/mol. The number of benzene rings is 1. The predicted molar refractivity (Wildman–Crippen MR) is 77.1 cm³/mol. The number of nitrogens with one attached hydrogen (secondary N) is 1. The highest BCUT2D eigenvalue weighted by atomic mass is 32.2. The summed E-state index contributed by atoms with van der Waals surface area (Å²) in [5, 5.41) is 11.1. The molecule has 0 heterocycles. The Hall–Kier alpha value is -2.34. The Balaban J connectivity index is 3.39. The van der Waals surface area contributed by atoms with Crippen LogP contribution in [0, 0.1) is 10.1 Å². The van der Waals surface area contributed by atoms with Gasteiger partial charge < -0.3 is 9.47 Å². The normalized spacial score (nSPS) is 12.7. The third-order valence-electron chi connectivity index (χ3n) is 2.59. The first-order valence-electron chi connectivity index (χ1n) is 6.42. The van der Waals surface area contributed by atoms with Gasteiger partial charge in [0.1, 0.15) is 5.75 Å². The van der Waals surface area contributed by atoms with Crippen molar-refractivity contribution < 1.29 is 36.4 Å². The molecule has 1 unspecified atom stereocenters. The zero-order valence-electron chi connectivity index (χ0n) is 12.6. The van der Waals surface area contributed by atoms with Gasteiger partial charge in [-0.2, -0.15) is 13.5 Å². The molecule has 0 saturated heterocycles. The maximum atomic E-state index is 12.2. The van der Waals surface area contributed by atoms with E-state index in [9.17, 15) is 32.1 Å². The molecule has 0 fully saturated rings. The van der Waals surface area contributed by atoms with Crippen LogP contribution in [-0.4, -0.2) is 38.8 Å². The second-order valence-corrected chi connectivity index (χ2v) is 6.21. The van der Waals surface area contributed by atoms with E-state index in [0.717, 1.165) is 18.4 Å². The molecule has 0 radical (unpaired) electrons. The number of nitro benzene ring substituents is 1. The predicted octanol–water partition coefficient (Wildman–Crippen LogP) is 1.35. The fraction of sp³-hybridized carbons (Fsp3) is 0.417. The van der Waals surface area contributed by atoms with Crippen molar-refractivity contribution in [1.82, 2.24) is 4.72 Å². The molecule has 0 bridgehead atoms. The van der Waals surface area contributed by atoms with Gasteiger partial charge in [-0.1, -0.05) is 0 Å². The van der Waals surface area contributed by atoms with Crippen molar-refractivity contribution >= 4 is 21.7 Å². The van der Waals surface area contributed by atoms with Gasteiger partial charge in [0.25, 0.3) is 5.69 Å². The molecule has 1 aromatic carbocycles. The Labute approximate surface area is 135 Å². The lowest BCUT2D eigenvalue weighted by Crippen LogP contribution is -2.34. The first-order chi connectivity index (χ1) is 11.0. The van der Waals surface area contributed by atoms with E-state index in [1.54, 1.807) is 0 Å². The Morgan fingerprint density at radius 1 is 1.42 bits per heavy atom. The van der Waals surface area contributed by atoms with Crippen molar-refractivity contribution in [3.05, 3.63) is 33.9 Å². The van der Waals surface area contributed by atoms with E-state index in [-0.39, 0.29) is 12.2 Å². The highest BCUT2D eigenvalue weighted by Gasteiger charge is 2.32. The lowest BCUT2D eigenvalue weighted by molar-refractivity contribution is -0.385. The fourth-order valence-corrected chi connectivity index (χ4v) is 2.43. The molecule has 0 aliphatic rings. The molecule has 134 valence electrons. The zero-order chi connectivity index (χ0) is 18.5. The van der Waals surface area contributed by atoms with Gasteiger partial charge in [0, 0.05) is 0 Å². The second-order valence-electron chi connectivity index (χ2n) is 4.43. The minimum atomic E-state index is -3.93. The highest BCUT2D eigenvalue weighted by Crippen LogP contribution is 2.31. The maximum Gasteiger partial charge on any atom is 0.387 e. The summed E-state index contributed by atoms with van der Waals surface area (Å²) in [5.41, 5.74) is -1.15. The monoisotopic (exact) mass is 368 g/mol. The number of nitro groups is 1. The van der Waals surface area contributed by atoms with Gasteiger partial charge in [-0.25, -0.2) is 13.2 Å². The summed E-state index contributed by atoms with van der Waals surface area (Å²) >= 11 is 0. The smallest absolute Gasteiger partial charge is 0.387 e. The van der Waals surface area contributed by atoms with Crippen molar-refractivity contribution in [3.8, 4) is 5.75 Å². The molecule has 0 amide bonds. The van der Waals surface area contributed by atoms with E-state index in [1.165, 1.54) is 6.92 Å². The van der Waals surface area contributed by atoms with Gasteiger partial charge in [0.2, 0.25) is 10.0 Å². The molecule has 0 spiro atoms. The molecule has 0 saturated carbocycles. The third kappa shape index (κ3) is 5.70. The number of ether oxygens (including phenoxy) is 2. The quantitative estimate of drug-likeness (QED) is 0.417. The molecule has 1 rings (SSSR count). The average Bonchev–Trinajstić information content (AvgIpc) is 2.43. The van der Waals surface area contributed by atoms with Crippen LogP contribution in [-0.2, 0) is 19.6 Å². The number of rotatable bonds is 8. The van der Waals surface area contributed by atoms with Gasteiger partial charge in [-0.3, -0.25) is 10.1 Å². The zero-order valence-corrected chi connectivity index (χ0v) is 13.4. The fourth-order valence-electron chi connectivity index (χ4n) is 1.78. The molecule has 1 aromatic rings. The van der Waals surface area contributed by atoms with Crippen molar-refractivity contribution in [2.24, 2.45) is 0 Å². The Kier molecular flexibility index (Phi) is 6.54. The van der Waals surface area contributed by atoms with Gasteiger partial charge in [-0.05, 0) is 19.1 Å². The largest absolute Gasteiger partial charge is 0.465 e.